The molecule has 1 aromatic heterocycles. The molecule has 192 valence electrons. The predicted molar refractivity (Wildman–Crippen MR) is 148 cm³/mol. The Morgan fingerprint density at radius 1 is 1.05 bits per heavy atom. The summed E-state index contributed by atoms with van der Waals surface area (Å²) in [6.07, 6.45) is 11.9. The lowest BCUT2D eigenvalue weighted by molar-refractivity contribution is -0.423. The van der Waals surface area contributed by atoms with Crippen LogP contribution in [0.5, 0.6) is 0 Å². The predicted octanol–water partition coefficient (Wildman–Crippen LogP) is 6.87. The van der Waals surface area contributed by atoms with E-state index in [4.69, 9.17) is 4.99 Å². The minimum absolute atomic E-state index is 0.0314. The Kier molecular flexibility index (Phi) is 8.49. The SMILES string of the molecule is CC(C)=Cc1ccn(/C(C)=C/C(=C(\C)[N+](=O)[O-])c2cc(C3=NC(C=C(C)C)CC=C3)ccc2[N+](=O)[O-])n1. The standard InChI is InChI=1S/C28H31N5O4/c1-18(2)14-23-8-7-9-27(29-23)22-10-11-28(33(36)37)26(17-22)25(21(6)32(34)35)16-20(5)31-13-12-24(30-31)15-19(3)4/h7,9-17,23H,8H2,1-6H3/b20-16+,25-21-. The van der Waals surface area contributed by atoms with Crippen molar-refractivity contribution in [1.82, 2.24) is 9.78 Å². The van der Waals surface area contributed by atoms with Crippen LogP contribution in [0.2, 0.25) is 0 Å². The van der Waals surface area contributed by atoms with Crippen LogP contribution in [0.3, 0.4) is 0 Å². The van der Waals surface area contributed by atoms with Crippen molar-refractivity contribution in [2.75, 3.05) is 0 Å². The molecule has 0 spiro atoms. The second kappa shape index (κ2) is 11.6. The molecule has 0 saturated heterocycles. The van der Waals surface area contributed by atoms with Gasteiger partial charge in [-0.05, 0) is 77.5 Å². The maximum absolute atomic E-state index is 12.0. The molecule has 0 bridgehead atoms. The first-order valence-electron chi connectivity index (χ1n) is 11.9. The van der Waals surface area contributed by atoms with E-state index in [2.05, 4.69) is 11.2 Å². The number of nitrogens with zero attached hydrogens (tertiary/aromatic N) is 5. The third-order valence-electron chi connectivity index (χ3n) is 5.69. The highest BCUT2D eigenvalue weighted by Crippen LogP contribution is 2.33. The fraction of sp³-hybridized carbons (Fsp3) is 0.286. The van der Waals surface area contributed by atoms with Crippen LogP contribution < -0.4 is 0 Å². The first-order valence-corrected chi connectivity index (χ1v) is 11.9. The van der Waals surface area contributed by atoms with Gasteiger partial charge in [-0.3, -0.25) is 25.2 Å². The molecule has 0 amide bonds. The molecule has 0 saturated carbocycles. The molecule has 9 heteroatoms. The van der Waals surface area contributed by atoms with Gasteiger partial charge in [0.25, 0.3) is 11.4 Å². The number of aromatic nitrogens is 2. The minimum Gasteiger partial charge on any atom is -0.277 e. The van der Waals surface area contributed by atoms with E-state index in [1.54, 1.807) is 36.0 Å². The number of dihydropyridines is 1. The minimum atomic E-state index is -0.532. The van der Waals surface area contributed by atoms with E-state index >= 15 is 0 Å². The van der Waals surface area contributed by atoms with Gasteiger partial charge in [0.05, 0.1) is 38.4 Å². The van der Waals surface area contributed by atoms with E-state index in [-0.39, 0.29) is 28.6 Å². The fourth-order valence-electron chi connectivity index (χ4n) is 3.98. The normalized spacial score (nSPS) is 16.0. The molecule has 1 unspecified atom stereocenters. The van der Waals surface area contributed by atoms with Gasteiger partial charge in [-0.15, -0.1) is 0 Å². The van der Waals surface area contributed by atoms with Crippen LogP contribution >= 0.6 is 0 Å². The van der Waals surface area contributed by atoms with Gasteiger partial charge in [0.2, 0.25) is 0 Å². The van der Waals surface area contributed by atoms with Crippen LogP contribution in [0.4, 0.5) is 5.69 Å². The summed E-state index contributed by atoms with van der Waals surface area (Å²) in [6.45, 7) is 11.0. The van der Waals surface area contributed by atoms with Gasteiger partial charge in [-0.2, -0.15) is 5.10 Å². The van der Waals surface area contributed by atoms with E-state index in [0.717, 1.165) is 23.3 Å². The summed E-state index contributed by atoms with van der Waals surface area (Å²) in [5, 5.41) is 28.3. The molecule has 0 radical (unpaired) electrons. The lowest BCUT2D eigenvalue weighted by atomic mass is 9.95. The van der Waals surface area contributed by atoms with Crippen LogP contribution in [0.1, 0.15) is 64.8 Å². The number of nitro groups is 2. The quantitative estimate of drug-likeness (QED) is 0.169. The first-order chi connectivity index (χ1) is 17.5. The van der Waals surface area contributed by atoms with Gasteiger partial charge in [-0.25, -0.2) is 4.68 Å². The molecular weight excluding hydrogens is 470 g/mol. The Hall–Kier alpha value is -4.40. The maximum atomic E-state index is 12.0. The van der Waals surface area contributed by atoms with Crippen molar-refractivity contribution in [2.24, 2.45) is 4.99 Å². The van der Waals surface area contributed by atoms with Gasteiger partial charge in [0.15, 0.2) is 0 Å². The van der Waals surface area contributed by atoms with E-state index in [0.29, 0.717) is 17.0 Å². The van der Waals surface area contributed by atoms with E-state index in [9.17, 15) is 20.2 Å². The lowest BCUT2D eigenvalue weighted by Crippen LogP contribution is -2.11. The van der Waals surface area contributed by atoms with Crippen molar-refractivity contribution in [3.05, 3.63) is 109 Å². The zero-order valence-electron chi connectivity index (χ0n) is 21.9. The van der Waals surface area contributed by atoms with Crippen LogP contribution in [-0.4, -0.2) is 31.4 Å². The smallest absolute Gasteiger partial charge is 0.277 e. The number of benzene rings is 1. The molecule has 37 heavy (non-hydrogen) atoms. The fourth-order valence-corrected chi connectivity index (χ4v) is 3.98. The highest BCUT2D eigenvalue weighted by Gasteiger charge is 2.24. The number of nitro benzene ring substituents is 1. The molecule has 1 aromatic carbocycles. The largest absolute Gasteiger partial charge is 0.277 e. The summed E-state index contributed by atoms with van der Waals surface area (Å²) in [6, 6.07) is 6.41. The second-order valence-corrected chi connectivity index (χ2v) is 9.40. The third kappa shape index (κ3) is 6.84. The van der Waals surface area contributed by atoms with Crippen LogP contribution in [-0.2, 0) is 0 Å². The molecule has 0 fully saturated rings. The van der Waals surface area contributed by atoms with Crippen molar-refractivity contribution >= 4 is 28.7 Å². The van der Waals surface area contributed by atoms with Crippen molar-refractivity contribution in [2.45, 2.75) is 54.0 Å². The monoisotopic (exact) mass is 501 g/mol. The lowest BCUT2D eigenvalue weighted by Gasteiger charge is -2.15. The summed E-state index contributed by atoms with van der Waals surface area (Å²) in [5.41, 5.74) is 4.70. The topological polar surface area (TPSA) is 116 Å². The number of rotatable bonds is 8. The summed E-state index contributed by atoms with van der Waals surface area (Å²) in [7, 11) is 0. The highest BCUT2D eigenvalue weighted by molar-refractivity contribution is 6.10. The zero-order chi connectivity index (χ0) is 27.3. The average molecular weight is 502 g/mol. The van der Waals surface area contributed by atoms with Crippen molar-refractivity contribution in [3.8, 4) is 0 Å². The van der Waals surface area contributed by atoms with Gasteiger partial charge in [-0.1, -0.05) is 23.3 Å². The highest BCUT2D eigenvalue weighted by atomic mass is 16.6. The van der Waals surface area contributed by atoms with Crippen LogP contribution in [0, 0.1) is 20.2 Å². The molecule has 0 aliphatic carbocycles. The summed E-state index contributed by atoms with van der Waals surface area (Å²) in [5.74, 6) is 0. The van der Waals surface area contributed by atoms with E-state index in [1.165, 1.54) is 13.0 Å². The summed E-state index contributed by atoms with van der Waals surface area (Å²) < 4.78 is 1.59. The molecule has 0 N–H and O–H groups in total. The summed E-state index contributed by atoms with van der Waals surface area (Å²) >= 11 is 0. The zero-order valence-corrected chi connectivity index (χ0v) is 21.9. The molecule has 2 aromatic rings. The molecule has 1 aliphatic rings. The molecule has 2 heterocycles. The Balaban J connectivity index is 2.19. The number of hydrogen-bond donors (Lipinski definition) is 0. The Morgan fingerprint density at radius 2 is 1.78 bits per heavy atom. The third-order valence-corrected chi connectivity index (χ3v) is 5.69. The van der Waals surface area contributed by atoms with Gasteiger partial charge in [0, 0.05) is 30.4 Å². The van der Waals surface area contributed by atoms with Crippen molar-refractivity contribution in [3.63, 3.8) is 0 Å². The van der Waals surface area contributed by atoms with E-state index in [1.807, 2.05) is 52.0 Å². The number of hydrogen-bond acceptors (Lipinski definition) is 6. The average Bonchev–Trinajstić information content (AvgIpc) is 3.29. The Labute approximate surface area is 216 Å². The molecule has 3 rings (SSSR count). The molecule has 9 nitrogen and oxygen atoms in total. The van der Waals surface area contributed by atoms with Gasteiger partial charge in [0.1, 0.15) is 0 Å². The molecular formula is C28H31N5O4. The Bertz CT molecular complexity index is 1410. The van der Waals surface area contributed by atoms with E-state index < -0.39 is 9.85 Å². The molecule has 1 aliphatic heterocycles. The Morgan fingerprint density at radius 3 is 2.41 bits per heavy atom. The van der Waals surface area contributed by atoms with Crippen LogP contribution in [0.25, 0.3) is 17.3 Å². The van der Waals surface area contributed by atoms with Crippen molar-refractivity contribution < 1.29 is 9.85 Å². The number of aliphatic imine (C=N–C) groups is 1. The second-order valence-electron chi connectivity index (χ2n) is 9.40. The van der Waals surface area contributed by atoms with Gasteiger partial charge >= 0.3 is 0 Å². The van der Waals surface area contributed by atoms with Crippen molar-refractivity contribution in [1.29, 1.82) is 0 Å². The number of allylic oxidation sites excluding steroid dienone is 7. The maximum Gasteiger partial charge on any atom is 0.277 e. The summed E-state index contributed by atoms with van der Waals surface area (Å²) in [4.78, 5) is 27.5. The molecule has 1 atom stereocenters. The van der Waals surface area contributed by atoms with Crippen LogP contribution in [0.15, 0.2) is 76.6 Å². The van der Waals surface area contributed by atoms with Gasteiger partial charge < -0.3 is 0 Å². The first kappa shape index (κ1) is 27.2.